The molecule has 0 amide bonds. The van der Waals surface area contributed by atoms with Crippen LogP contribution >= 0.6 is 33.9 Å². The average molecular weight is 381 g/mol. The van der Waals surface area contributed by atoms with Crippen LogP contribution in [0, 0.1) is 2.88 Å². The first-order valence-electron chi connectivity index (χ1n) is 6.51. The molecule has 0 aromatic carbocycles. The van der Waals surface area contributed by atoms with Crippen LogP contribution in [0.2, 0.25) is 0 Å². The number of nitrogens with one attached hydrogen (secondary N) is 1. The van der Waals surface area contributed by atoms with Crippen molar-refractivity contribution in [2.45, 2.75) is 51.7 Å². The van der Waals surface area contributed by atoms with Gasteiger partial charge in [-0.1, -0.05) is 6.92 Å². The van der Waals surface area contributed by atoms with Crippen LogP contribution < -0.4 is 5.32 Å². The molecule has 1 unspecified atom stereocenters. The van der Waals surface area contributed by atoms with Crippen molar-refractivity contribution in [3.8, 4) is 0 Å². The predicted molar refractivity (Wildman–Crippen MR) is 88.4 cm³/mol. The van der Waals surface area contributed by atoms with Gasteiger partial charge in [0.2, 0.25) is 0 Å². The molecule has 1 aromatic heterocycles. The third-order valence-electron chi connectivity index (χ3n) is 3.22. The largest absolute Gasteiger partial charge is 0.379 e. The maximum Gasteiger partial charge on any atom is 0.0656 e. The van der Waals surface area contributed by atoms with E-state index in [-0.39, 0.29) is 5.60 Å². The summed E-state index contributed by atoms with van der Waals surface area (Å²) in [7, 11) is 1.79. The van der Waals surface area contributed by atoms with Crippen LogP contribution in [0.3, 0.4) is 0 Å². The highest BCUT2D eigenvalue weighted by molar-refractivity contribution is 14.1. The Labute approximate surface area is 129 Å². The molecule has 0 aliphatic heterocycles. The molecule has 0 aliphatic rings. The van der Waals surface area contributed by atoms with Crippen molar-refractivity contribution in [1.29, 1.82) is 0 Å². The Bertz CT molecular complexity index is 351. The topological polar surface area (TPSA) is 21.3 Å². The number of halogens is 1. The van der Waals surface area contributed by atoms with Crippen molar-refractivity contribution in [1.82, 2.24) is 5.32 Å². The van der Waals surface area contributed by atoms with E-state index in [1.165, 1.54) is 14.9 Å². The Morgan fingerprint density at radius 3 is 2.72 bits per heavy atom. The van der Waals surface area contributed by atoms with Gasteiger partial charge >= 0.3 is 0 Å². The van der Waals surface area contributed by atoms with Gasteiger partial charge in [0, 0.05) is 13.2 Å². The lowest BCUT2D eigenvalue weighted by Gasteiger charge is -2.26. The summed E-state index contributed by atoms with van der Waals surface area (Å²) in [6, 6.07) is 2.75. The lowest BCUT2D eigenvalue weighted by molar-refractivity contribution is 0.0117. The summed E-state index contributed by atoms with van der Waals surface area (Å²) in [4.78, 5) is 0. The Morgan fingerprint density at radius 2 is 2.22 bits per heavy atom. The highest BCUT2D eigenvalue weighted by atomic mass is 127. The van der Waals surface area contributed by atoms with Crippen LogP contribution in [-0.4, -0.2) is 19.3 Å². The smallest absolute Gasteiger partial charge is 0.0656 e. The van der Waals surface area contributed by atoms with Gasteiger partial charge in [0.25, 0.3) is 0 Å². The van der Waals surface area contributed by atoms with Crippen molar-refractivity contribution in [2.24, 2.45) is 0 Å². The van der Waals surface area contributed by atoms with Gasteiger partial charge in [-0.2, -0.15) is 0 Å². The van der Waals surface area contributed by atoms with E-state index in [1.807, 2.05) is 11.3 Å². The van der Waals surface area contributed by atoms with Crippen molar-refractivity contribution in [3.63, 3.8) is 0 Å². The van der Waals surface area contributed by atoms with Crippen LogP contribution in [0.5, 0.6) is 0 Å². The molecule has 1 N–H and O–H groups in total. The zero-order chi connectivity index (χ0) is 13.6. The average Bonchev–Trinajstić information content (AvgIpc) is 2.76. The molecule has 0 saturated heterocycles. The second kappa shape index (κ2) is 7.82. The minimum atomic E-state index is -0.0324. The van der Waals surface area contributed by atoms with E-state index in [4.69, 9.17) is 4.74 Å². The standard InChI is InChI=1S/C14H24INOS/c1-5-8-16-12(6-7-14(2,3)17-4)11-9-13(15)18-10-11/h9-10,12,16H,5-8H2,1-4H3. The number of hydrogen-bond donors (Lipinski definition) is 1. The summed E-state index contributed by atoms with van der Waals surface area (Å²) in [6.45, 7) is 7.59. The van der Waals surface area contributed by atoms with Gasteiger partial charge in [-0.25, -0.2) is 0 Å². The zero-order valence-corrected chi connectivity index (χ0v) is 14.7. The zero-order valence-electron chi connectivity index (χ0n) is 11.8. The van der Waals surface area contributed by atoms with Crippen LogP contribution in [0.15, 0.2) is 11.4 Å². The molecule has 0 fully saturated rings. The lowest BCUT2D eigenvalue weighted by Crippen LogP contribution is -2.27. The Kier molecular flexibility index (Phi) is 7.13. The molecular formula is C14H24INOS. The molecule has 2 nitrogen and oxygen atoms in total. The molecule has 0 radical (unpaired) electrons. The van der Waals surface area contributed by atoms with E-state index in [0.717, 1.165) is 19.4 Å². The molecule has 4 heteroatoms. The van der Waals surface area contributed by atoms with E-state index >= 15 is 0 Å². The molecule has 104 valence electrons. The molecular weight excluding hydrogens is 357 g/mol. The molecule has 18 heavy (non-hydrogen) atoms. The highest BCUT2D eigenvalue weighted by Gasteiger charge is 2.20. The van der Waals surface area contributed by atoms with Gasteiger partial charge in [-0.3, -0.25) is 0 Å². The maximum absolute atomic E-state index is 5.51. The molecule has 1 rings (SSSR count). The summed E-state index contributed by atoms with van der Waals surface area (Å²) in [5.74, 6) is 0. The number of hydrogen-bond acceptors (Lipinski definition) is 3. The van der Waals surface area contributed by atoms with Crippen LogP contribution in [-0.2, 0) is 4.74 Å². The second-order valence-electron chi connectivity index (χ2n) is 5.19. The fraction of sp³-hybridized carbons (Fsp3) is 0.714. The third kappa shape index (κ3) is 5.55. The van der Waals surface area contributed by atoms with E-state index < -0.39 is 0 Å². The Hall–Kier alpha value is 0.350. The molecule has 0 bridgehead atoms. The van der Waals surface area contributed by atoms with E-state index in [2.05, 4.69) is 60.1 Å². The first-order valence-corrected chi connectivity index (χ1v) is 8.47. The van der Waals surface area contributed by atoms with Gasteiger partial charge in [-0.15, -0.1) is 11.3 Å². The molecule has 1 aromatic rings. The van der Waals surface area contributed by atoms with Gasteiger partial charge in [-0.05, 0) is 79.3 Å². The third-order valence-corrected chi connectivity index (χ3v) is 5.03. The van der Waals surface area contributed by atoms with Crippen LogP contribution in [0.25, 0.3) is 0 Å². The van der Waals surface area contributed by atoms with Gasteiger partial charge in [0.15, 0.2) is 0 Å². The predicted octanol–water partition coefficient (Wildman–Crippen LogP) is 4.60. The first kappa shape index (κ1) is 16.4. The summed E-state index contributed by atoms with van der Waals surface area (Å²) in [6.07, 6.45) is 3.36. The van der Waals surface area contributed by atoms with Crippen LogP contribution in [0.1, 0.15) is 51.6 Å². The summed E-state index contributed by atoms with van der Waals surface area (Å²) < 4.78 is 6.87. The van der Waals surface area contributed by atoms with Gasteiger partial charge in [0.05, 0.1) is 8.48 Å². The monoisotopic (exact) mass is 381 g/mol. The van der Waals surface area contributed by atoms with Crippen molar-refractivity contribution in [2.75, 3.05) is 13.7 Å². The number of rotatable bonds is 8. The van der Waals surface area contributed by atoms with Crippen molar-refractivity contribution in [3.05, 3.63) is 19.9 Å². The SMILES string of the molecule is CCCNC(CCC(C)(C)OC)c1csc(I)c1. The molecule has 1 atom stereocenters. The van der Waals surface area contributed by atoms with Gasteiger partial charge in [0.1, 0.15) is 0 Å². The highest BCUT2D eigenvalue weighted by Crippen LogP contribution is 2.28. The minimum absolute atomic E-state index is 0.0324. The minimum Gasteiger partial charge on any atom is -0.379 e. The second-order valence-corrected chi connectivity index (χ2v) is 8.00. The fourth-order valence-corrected chi connectivity index (χ4v) is 3.23. The molecule has 0 spiro atoms. The van der Waals surface area contributed by atoms with E-state index in [1.54, 1.807) is 7.11 Å². The lowest BCUT2D eigenvalue weighted by atomic mass is 9.96. The van der Waals surface area contributed by atoms with Gasteiger partial charge < -0.3 is 10.1 Å². The fourth-order valence-electron chi connectivity index (χ4n) is 1.81. The summed E-state index contributed by atoms with van der Waals surface area (Å²) in [5, 5.41) is 5.92. The number of ether oxygens (including phenoxy) is 1. The molecule has 1 heterocycles. The quantitative estimate of drug-likeness (QED) is 0.665. The van der Waals surface area contributed by atoms with Crippen LogP contribution in [0.4, 0.5) is 0 Å². The Balaban J connectivity index is 2.61. The molecule has 0 aliphatic carbocycles. The summed E-state index contributed by atoms with van der Waals surface area (Å²) >= 11 is 4.21. The Morgan fingerprint density at radius 1 is 1.50 bits per heavy atom. The van der Waals surface area contributed by atoms with E-state index in [0.29, 0.717) is 6.04 Å². The first-order chi connectivity index (χ1) is 8.48. The summed E-state index contributed by atoms with van der Waals surface area (Å²) in [5.41, 5.74) is 1.39. The van der Waals surface area contributed by atoms with Crippen molar-refractivity contribution < 1.29 is 4.74 Å². The number of thiophene rings is 1. The van der Waals surface area contributed by atoms with Crippen molar-refractivity contribution >= 4 is 33.9 Å². The van der Waals surface area contributed by atoms with E-state index in [9.17, 15) is 0 Å². The molecule has 0 saturated carbocycles. The number of methoxy groups -OCH3 is 1. The maximum atomic E-state index is 5.51. The normalized spacial score (nSPS) is 13.8.